The van der Waals surface area contributed by atoms with Crippen LogP contribution in [0.15, 0.2) is 18.5 Å². The molecule has 0 radical (unpaired) electrons. The Hall–Kier alpha value is -2.28. The standard InChI is InChI=1S/C16H22N6O/c1-11-17-9-12(10-21(2)3)15(19-11)14-5-4-8-22(14)16(23)13-6-7-18-20-13/h6-7,9,14H,4-5,8,10H2,1-3H3,(H,18,20)/t14-/m0/s1. The predicted molar refractivity (Wildman–Crippen MR) is 85.8 cm³/mol. The van der Waals surface area contributed by atoms with Crippen molar-refractivity contribution in [3.63, 3.8) is 0 Å². The van der Waals surface area contributed by atoms with Crippen molar-refractivity contribution in [1.29, 1.82) is 0 Å². The molecule has 3 rings (SSSR count). The fourth-order valence-corrected chi connectivity index (χ4v) is 3.09. The third kappa shape index (κ3) is 3.24. The van der Waals surface area contributed by atoms with E-state index in [1.165, 1.54) is 0 Å². The van der Waals surface area contributed by atoms with Crippen LogP contribution in [0.25, 0.3) is 0 Å². The maximum atomic E-state index is 12.7. The van der Waals surface area contributed by atoms with E-state index in [0.717, 1.165) is 43.0 Å². The molecule has 0 spiro atoms. The molecule has 1 saturated heterocycles. The zero-order valence-corrected chi connectivity index (χ0v) is 13.8. The minimum Gasteiger partial charge on any atom is -0.329 e. The van der Waals surface area contributed by atoms with Gasteiger partial charge in [-0.1, -0.05) is 0 Å². The highest BCUT2D eigenvalue weighted by Gasteiger charge is 2.33. The van der Waals surface area contributed by atoms with Gasteiger partial charge in [0.1, 0.15) is 11.5 Å². The van der Waals surface area contributed by atoms with Crippen LogP contribution in [0.4, 0.5) is 0 Å². The second kappa shape index (κ2) is 6.45. The van der Waals surface area contributed by atoms with Crippen LogP contribution >= 0.6 is 0 Å². The van der Waals surface area contributed by atoms with Crippen LogP contribution in [0.1, 0.15) is 46.5 Å². The minimum atomic E-state index is -0.0166. The molecule has 7 nitrogen and oxygen atoms in total. The number of carbonyl (C=O) groups excluding carboxylic acids is 1. The molecule has 1 amide bonds. The number of likely N-dealkylation sites (tertiary alicyclic amines) is 1. The van der Waals surface area contributed by atoms with E-state index in [4.69, 9.17) is 0 Å². The van der Waals surface area contributed by atoms with Crippen LogP contribution in [0.2, 0.25) is 0 Å². The van der Waals surface area contributed by atoms with Crippen LogP contribution < -0.4 is 0 Å². The van der Waals surface area contributed by atoms with Gasteiger partial charge in [-0.25, -0.2) is 9.97 Å². The summed E-state index contributed by atoms with van der Waals surface area (Å²) in [5.74, 6) is 0.723. The van der Waals surface area contributed by atoms with Crippen LogP contribution in [0.5, 0.6) is 0 Å². The number of amides is 1. The summed E-state index contributed by atoms with van der Waals surface area (Å²) in [5, 5.41) is 6.64. The van der Waals surface area contributed by atoms with Crippen molar-refractivity contribution >= 4 is 5.91 Å². The monoisotopic (exact) mass is 314 g/mol. The molecule has 1 fully saturated rings. The lowest BCUT2D eigenvalue weighted by Crippen LogP contribution is -2.32. The molecular weight excluding hydrogens is 292 g/mol. The summed E-state index contributed by atoms with van der Waals surface area (Å²) in [5.41, 5.74) is 2.57. The number of H-pyrrole nitrogens is 1. The van der Waals surface area contributed by atoms with Crippen molar-refractivity contribution in [2.45, 2.75) is 32.4 Å². The van der Waals surface area contributed by atoms with Gasteiger partial charge in [0, 0.05) is 31.0 Å². The number of hydrogen-bond donors (Lipinski definition) is 1. The Morgan fingerprint density at radius 2 is 2.30 bits per heavy atom. The molecule has 2 aromatic rings. The summed E-state index contributed by atoms with van der Waals surface area (Å²) >= 11 is 0. The lowest BCUT2D eigenvalue weighted by atomic mass is 10.1. The normalized spacial score (nSPS) is 17.9. The molecule has 1 aliphatic rings. The van der Waals surface area contributed by atoms with Crippen LogP contribution in [0, 0.1) is 6.92 Å². The summed E-state index contributed by atoms with van der Waals surface area (Å²) in [4.78, 5) is 25.7. The summed E-state index contributed by atoms with van der Waals surface area (Å²) in [7, 11) is 4.04. The number of rotatable bonds is 4. The first-order chi connectivity index (χ1) is 11.1. The summed E-state index contributed by atoms with van der Waals surface area (Å²) in [6, 6.07) is 1.71. The molecule has 2 aromatic heterocycles. The fourth-order valence-electron chi connectivity index (χ4n) is 3.09. The number of carbonyl (C=O) groups is 1. The van der Waals surface area contributed by atoms with Gasteiger partial charge in [0.25, 0.3) is 5.91 Å². The van der Waals surface area contributed by atoms with E-state index in [2.05, 4.69) is 25.1 Å². The number of aromatic nitrogens is 4. The lowest BCUT2D eigenvalue weighted by Gasteiger charge is -2.26. The minimum absolute atomic E-state index is 0.00227. The zero-order valence-electron chi connectivity index (χ0n) is 13.8. The Morgan fingerprint density at radius 1 is 1.48 bits per heavy atom. The molecule has 0 bridgehead atoms. The van der Waals surface area contributed by atoms with Crippen molar-refractivity contribution in [2.75, 3.05) is 20.6 Å². The Balaban J connectivity index is 1.93. The van der Waals surface area contributed by atoms with E-state index < -0.39 is 0 Å². The van der Waals surface area contributed by atoms with Gasteiger partial charge >= 0.3 is 0 Å². The quantitative estimate of drug-likeness (QED) is 0.926. The highest BCUT2D eigenvalue weighted by atomic mass is 16.2. The molecule has 1 N–H and O–H groups in total. The second-order valence-electron chi connectivity index (χ2n) is 6.19. The van der Waals surface area contributed by atoms with E-state index in [9.17, 15) is 4.79 Å². The third-order valence-electron chi connectivity index (χ3n) is 4.07. The molecule has 7 heteroatoms. The molecule has 0 aliphatic carbocycles. The highest BCUT2D eigenvalue weighted by molar-refractivity contribution is 5.92. The molecule has 0 saturated carbocycles. The molecule has 1 atom stereocenters. The first kappa shape index (κ1) is 15.6. The number of hydrogen-bond acceptors (Lipinski definition) is 5. The van der Waals surface area contributed by atoms with Gasteiger partial charge in [0.2, 0.25) is 0 Å². The van der Waals surface area contributed by atoms with Gasteiger partial charge in [-0.3, -0.25) is 9.89 Å². The van der Waals surface area contributed by atoms with E-state index in [1.807, 2.05) is 32.1 Å². The molecule has 3 heterocycles. The number of nitrogens with one attached hydrogen (secondary N) is 1. The van der Waals surface area contributed by atoms with Gasteiger partial charge in [0.05, 0.1) is 11.7 Å². The SMILES string of the molecule is Cc1ncc(CN(C)C)c([C@@H]2CCCN2C(=O)c2ccn[nH]2)n1. The fraction of sp³-hybridized carbons (Fsp3) is 0.500. The van der Waals surface area contributed by atoms with Gasteiger partial charge in [-0.2, -0.15) is 5.10 Å². The Bertz CT molecular complexity index is 682. The van der Waals surface area contributed by atoms with Crippen LogP contribution in [0.3, 0.4) is 0 Å². The van der Waals surface area contributed by atoms with Crippen LogP contribution in [-0.4, -0.2) is 56.5 Å². The largest absolute Gasteiger partial charge is 0.329 e. The van der Waals surface area contributed by atoms with Crippen molar-refractivity contribution in [2.24, 2.45) is 0 Å². The zero-order chi connectivity index (χ0) is 16.4. The molecule has 23 heavy (non-hydrogen) atoms. The van der Waals surface area contributed by atoms with E-state index in [-0.39, 0.29) is 11.9 Å². The van der Waals surface area contributed by atoms with Gasteiger partial charge < -0.3 is 9.80 Å². The molecular formula is C16H22N6O. The van der Waals surface area contributed by atoms with Crippen LogP contribution in [-0.2, 0) is 6.54 Å². The Morgan fingerprint density at radius 3 is 3.00 bits per heavy atom. The third-order valence-corrected chi connectivity index (χ3v) is 4.07. The summed E-state index contributed by atoms with van der Waals surface area (Å²) in [6.07, 6.45) is 5.39. The average Bonchev–Trinajstić information content (AvgIpc) is 3.19. The molecule has 0 aromatic carbocycles. The smallest absolute Gasteiger partial charge is 0.272 e. The molecule has 122 valence electrons. The lowest BCUT2D eigenvalue weighted by molar-refractivity contribution is 0.0725. The second-order valence-corrected chi connectivity index (χ2v) is 6.19. The van der Waals surface area contributed by atoms with E-state index in [1.54, 1.807) is 12.3 Å². The first-order valence-electron chi connectivity index (χ1n) is 7.83. The topological polar surface area (TPSA) is 78.0 Å². The van der Waals surface area contributed by atoms with Crippen molar-refractivity contribution in [3.8, 4) is 0 Å². The maximum Gasteiger partial charge on any atom is 0.272 e. The maximum absolute atomic E-state index is 12.7. The van der Waals surface area contributed by atoms with Gasteiger partial charge in [-0.05, 0) is 39.9 Å². The first-order valence-corrected chi connectivity index (χ1v) is 7.83. The molecule has 1 aliphatic heterocycles. The van der Waals surface area contributed by atoms with Crippen molar-refractivity contribution in [1.82, 2.24) is 30.0 Å². The van der Waals surface area contributed by atoms with E-state index in [0.29, 0.717) is 5.69 Å². The van der Waals surface area contributed by atoms with Gasteiger partial charge in [-0.15, -0.1) is 0 Å². The van der Waals surface area contributed by atoms with Crippen molar-refractivity contribution in [3.05, 3.63) is 41.2 Å². The summed E-state index contributed by atoms with van der Waals surface area (Å²) < 4.78 is 0. The Labute approximate surface area is 135 Å². The number of aryl methyl sites for hydroxylation is 1. The van der Waals surface area contributed by atoms with Gasteiger partial charge in [0.15, 0.2) is 0 Å². The average molecular weight is 314 g/mol. The molecule has 0 unspecified atom stereocenters. The van der Waals surface area contributed by atoms with E-state index >= 15 is 0 Å². The Kier molecular flexibility index (Phi) is 4.38. The summed E-state index contributed by atoms with van der Waals surface area (Å²) in [6.45, 7) is 3.39. The predicted octanol–water partition coefficient (Wildman–Crippen LogP) is 1.55. The van der Waals surface area contributed by atoms with Crippen molar-refractivity contribution < 1.29 is 4.79 Å². The highest BCUT2D eigenvalue weighted by Crippen LogP contribution is 2.33. The number of aromatic amines is 1. The number of nitrogens with zero attached hydrogens (tertiary/aromatic N) is 5.